The van der Waals surface area contributed by atoms with Crippen LogP contribution in [0.15, 0.2) is 93.4 Å². The maximum absolute atomic E-state index is 14.0. The zero-order valence-corrected chi connectivity index (χ0v) is 19.9. The molecule has 4 aromatic rings. The SMILES string of the molecule is Cc1cc(N2C(=S)NC(c3ccccn3)C2c2ccc(Sc3ccc(Cl)cc3)o2)ccc1F. The number of halogens is 2. The van der Waals surface area contributed by atoms with Crippen molar-refractivity contribution in [2.45, 2.75) is 29.0 Å². The monoisotopic (exact) mass is 495 g/mol. The van der Waals surface area contributed by atoms with Crippen LogP contribution in [-0.4, -0.2) is 10.1 Å². The first-order chi connectivity index (χ1) is 16.0. The van der Waals surface area contributed by atoms with E-state index in [1.54, 1.807) is 25.3 Å². The van der Waals surface area contributed by atoms with Crippen LogP contribution >= 0.6 is 35.6 Å². The maximum Gasteiger partial charge on any atom is 0.174 e. The largest absolute Gasteiger partial charge is 0.452 e. The molecule has 166 valence electrons. The van der Waals surface area contributed by atoms with Gasteiger partial charge in [0.1, 0.15) is 17.6 Å². The minimum absolute atomic E-state index is 0.233. The number of pyridine rings is 1. The highest BCUT2D eigenvalue weighted by atomic mass is 35.5. The van der Waals surface area contributed by atoms with Crippen LogP contribution in [0.25, 0.3) is 0 Å². The highest BCUT2D eigenvalue weighted by Gasteiger charge is 2.42. The molecule has 1 aliphatic heterocycles. The van der Waals surface area contributed by atoms with Gasteiger partial charge in [-0.15, -0.1) is 0 Å². The molecular weight excluding hydrogens is 477 g/mol. The van der Waals surface area contributed by atoms with Crippen LogP contribution in [0.5, 0.6) is 0 Å². The number of nitrogens with zero attached hydrogens (tertiary/aromatic N) is 2. The summed E-state index contributed by atoms with van der Waals surface area (Å²) in [5.74, 6) is 0.478. The second-order valence-electron chi connectivity index (χ2n) is 7.64. The van der Waals surface area contributed by atoms with Gasteiger partial charge in [0.25, 0.3) is 0 Å². The number of furan rings is 1. The van der Waals surface area contributed by atoms with E-state index in [0.29, 0.717) is 15.7 Å². The van der Waals surface area contributed by atoms with E-state index in [1.807, 2.05) is 59.5 Å². The molecule has 4 nitrogen and oxygen atoms in total. The molecule has 2 atom stereocenters. The predicted octanol–water partition coefficient (Wildman–Crippen LogP) is 7.10. The van der Waals surface area contributed by atoms with Crippen LogP contribution in [0.3, 0.4) is 0 Å². The zero-order valence-electron chi connectivity index (χ0n) is 17.5. The van der Waals surface area contributed by atoms with Crippen molar-refractivity contribution in [2.75, 3.05) is 4.90 Å². The fraction of sp³-hybridized carbons (Fsp3) is 0.120. The lowest BCUT2D eigenvalue weighted by molar-refractivity contribution is 0.383. The van der Waals surface area contributed by atoms with Crippen LogP contribution in [-0.2, 0) is 0 Å². The van der Waals surface area contributed by atoms with E-state index < -0.39 is 0 Å². The van der Waals surface area contributed by atoms with Gasteiger partial charge in [-0.25, -0.2) is 4.39 Å². The van der Waals surface area contributed by atoms with Gasteiger partial charge in [-0.2, -0.15) is 0 Å². The van der Waals surface area contributed by atoms with Crippen LogP contribution in [0, 0.1) is 12.7 Å². The third-order valence-electron chi connectivity index (χ3n) is 5.44. The third kappa shape index (κ3) is 4.49. The minimum atomic E-state index is -0.295. The number of hydrogen-bond donors (Lipinski definition) is 1. The van der Waals surface area contributed by atoms with Gasteiger partial charge in [-0.05, 0) is 91.4 Å². The second-order valence-corrected chi connectivity index (χ2v) is 9.54. The first-order valence-electron chi connectivity index (χ1n) is 10.3. The number of nitrogens with one attached hydrogen (secondary N) is 1. The van der Waals surface area contributed by atoms with Crippen molar-refractivity contribution in [2.24, 2.45) is 0 Å². The molecule has 2 aromatic carbocycles. The van der Waals surface area contributed by atoms with E-state index in [0.717, 1.165) is 27.1 Å². The minimum Gasteiger partial charge on any atom is -0.452 e. The first kappa shape index (κ1) is 21.9. The Hall–Kier alpha value is -2.87. The summed E-state index contributed by atoms with van der Waals surface area (Å²) >= 11 is 13.2. The molecule has 2 aromatic heterocycles. The van der Waals surface area contributed by atoms with Crippen molar-refractivity contribution in [3.63, 3.8) is 0 Å². The molecule has 1 aliphatic rings. The summed E-state index contributed by atoms with van der Waals surface area (Å²) in [6, 6.07) is 21.7. The maximum atomic E-state index is 14.0. The molecular formula is C25H19ClFN3OS2. The smallest absolute Gasteiger partial charge is 0.174 e. The molecule has 0 radical (unpaired) electrons. The number of benzene rings is 2. The van der Waals surface area contributed by atoms with E-state index in [-0.39, 0.29) is 17.9 Å². The molecule has 1 saturated heterocycles. The van der Waals surface area contributed by atoms with Gasteiger partial charge in [0.15, 0.2) is 10.2 Å². The van der Waals surface area contributed by atoms with Crippen LogP contribution in [0.4, 0.5) is 10.1 Å². The number of anilines is 1. The van der Waals surface area contributed by atoms with Gasteiger partial charge in [0, 0.05) is 21.8 Å². The summed E-state index contributed by atoms with van der Waals surface area (Å²) in [6.45, 7) is 1.74. The van der Waals surface area contributed by atoms with Crippen molar-refractivity contribution >= 4 is 46.4 Å². The Morgan fingerprint density at radius 3 is 2.64 bits per heavy atom. The molecule has 0 aliphatic carbocycles. The Kier molecular flexibility index (Phi) is 6.10. The van der Waals surface area contributed by atoms with E-state index in [1.165, 1.54) is 17.8 Å². The Balaban J connectivity index is 1.53. The first-order valence-corrected chi connectivity index (χ1v) is 11.9. The second kappa shape index (κ2) is 9.17. The lowest BCUT2D eigenvalue weighted by atomic mass is 10.0. The summed E-state index contributed by atoms with van der Waals surface area (Å²) in [6.07, 6.45) is 1.76. The topological polar surface area (TPSA) is 41.3 Å². The molecule has 5 rings (SSSR count). The molecule has 2 unspecified atom stereocenters. The average molecular weight is 496 g/mol. The number of aromatic nitrogens is 1. The highest BCUT2D eigenvalue weighted by molar-refractivity contribution is 7.99. The van der Waals surface area contributed by atoms with Crippen molar-refractivity contribution in [3.05, 3.63) is 107 Å². The van der Waals surface area contributed by atoms with Gasteiger partial charge in [-0.1, -0.05) is 29.4 Å². The molecule has 1 N–H and O–H groups in total. The Labute approximate surface area is 205 Å². The van der Waals surface area contributed by atoms with Crippen molar-refractivity contribution < 1.29 is 8.81 Å². The number of thiocarbonyl (C=S) groups is 1. The molecule has 3 heterocycles. The lowest BCUT2D eigenvalue weighted by Crippen LogP contribution is -2.29. The normalized spacial score (nSPS) is 17.9. The quantitative estimate of drug-likeness (QED) is 0.298. The predicted molar refractivity (Wildman–Crippen MR) is 133 cm³/mol. The van der Waals surface area contributed by atoms with E-state index in [9.17, 15) is 4.39 Å². The fourth-order valence-electron chi connectivity index (χ4n) is 3.87. The van der Waals surface area contributed by atoms with E-state index in [4.69, 9.17) is 28.2 Å². The third-order valence-corrected chi connectivity index (χ3v) is 6.94. The Morgan fingerprint density at radius 1 is 1.09 bits per heavy atom. The number of hydrogen-bond acceptors (Lipinski definition) is 4. The number of aryl methyl sites for hydroxylation is 1. The highest BCUT2D eigenvalue weighted by Crippen LogP contribution is 2.43. The van der Waals surface area contributed by atoms with E-state index >= 15 is 0 Å². The van der Waals surface area contributed by atoms with Gasteiger partial charge < -0.3 is 14.6 Å². The standard InChI is InChI=1S/C25H19ClFN3OS2/c1-15-14-17(7-10-19(15)27)30-24(23(29-25(30)32)20-4-2-3-13-28-20)21-11-12-22(31-21)33-18-8-5-16(26)6-9-18/h2-14,23-24H,1H3,(H,29,32). The average Bonchev–Trinajstić information content (AvgIpc) is 3.42. The van der Waals surface area contributed by atoms with Crippen molar-refractivity contribution in [1.29, 1.82) is 0 Å². The molecule has 0 spiro atoms. The summed E-state index contributed by atoms with van der Waals surface area (Å²) in [4.78, 5) is 7.54. The Bertz CT molecular complexity index is 1300. The summed E-state index contributed by atoms with van der Waals surface area (Å²) in [5.41, 5.74) is 2.18. The molecule has 0 amide bonds. The van der Waals surface area contributed by atoms with Crippen molar-refractivity contribution in [3.8, 4) is 0 Å². The molecule has 0 saturated carbocycles. The van der Waals surface area contributed by atoms with Crippen molar-refractivity contribution in [1.82, 2.24) is 10.3 Å². The van der Waals surface area contributed by atoms with Crippen LogP contribution in [0.1, 0.15) is 29.1 Å². The number of rotatable bonds is 5. The van der Waals surface area contributed by atoms with Gasteiger partial charge in [0.05, 0.1) is 11.7 Å². The van der Waals surface area contributed by atoms with Crippen LogP contribution in [0.2, 0.25) is 5.02 Å². The van der Waals surface area contributed by atoms with E-state index in [2.05, 4.69) is 10.3 Å². The van der Waals surface area contributed by atoms with Crippen LogP contribution < -0.4 is 10.2 Å². The van der Waals surface area contributed by atoms with Gasteiger partial charge >= 0.3 is 0 Å². The lowest BCUT2D eigenvalue weighted by Gasteiger charge is -2.26. The molecule has 1 fully saturated rings. The summed E-state index contributed by atoms with van der Waals surface area (Å²) in [7, 11) is 0. The molecule has 0 bridgehead atoms. The van der Waals surface area contributed by atoms with Gasteiger partial charge in [-0.3, -0.25) is 4.98 Å². The Morgan fingerprint density at radius 2 is 1.91 bits per heavy atom. The summed E-state index contributed by atoms with van der Waals surface area (Å²) < 4.78 is 20.3. The zero-order chi connectivity index (χ0) is 22.9. The summed E-state index contributed by atoms with van der Waals surface area (Å²) in [5, 5.41) is 5.36. The fourth-order valence-corrected chi connectivity index (χ4v) is 5.12. The van der Waals surface area contributed by atoms with Gasteiger partial charge in [0.2, 0.25) is 0 Å². The molecule has 33 heavy (non-hydrogen) atoms. The molecule has 8 heteroatoms.